The van der Waals surface area contributed by atoms with Crippen LogP contribution in [0.4, 0.5) is 0 Å². The minimum Gasteiger partial charge on any atom is -0.393 e. The van der Waals surface area contributed by atoms with Crippen molar-refractivity contribution in [3.63, 3.8) is 0 Å². The molecular weight excluding hydrogens is 176 g/mol. The summed E-state index contributed by atoms with van der Waals surface area (Å²) in [5.41, 5.74) is 0. The van der Waals surface area contributed by atoms with E-state index in [1.165, 1.54) is 19.3 Å². The first-order chi connectivity index (χ1) is 6.70. The highest BCUT2D eigenvalue weighted by molar-refractivity contribution is 4.90. The molecule has 0 amide bonds. The van der Waals surface area contributed by atoms with Gasteiger partial charge in [0.1, 0.15) is 0 Å². The lowest BCUT2D eigenvalue weighted by molar-refractivity contribution is -0.0477. The molecule has 2 N–H and O–H groups in total. The van der Waals surface area contributed by atoms with E-state index in [1.807, 2.05) is 6.92 Å². The van der Waals surface area contributed by atoms with E-state index >= 15 is 0 Å². The van der Waals surface area contributed by atoms with Crippen molar-refractivity contribution in [3.8, 4) is 0 Å². The summed E-state index contributed by atoms with van der Waals surface area (Å²) in [6.45, 7) is 1.91. The van der Waals surface area contributed by atoms with Gasteiger partial charge in [0.15, 0.2) is 0 Å². The normalized spacial score (nSPS) is 45.6. The maximum Gasteiger partial charge on any atom is 0.0571 e. The summed E-state index contributed by atoms with van der Waals surface area (Å²) in [6.07, 6.45) is 6.59. The van der Waals surface area contributed by atoms with Crippen LogP contribution < -0.4 is 0 Å². The Labute approximate surface area is 86.3 Å². The Balaban J connectivity index is 2.08. The molecular formula is C12H22O2. The summed E-state index contributed by atoms with van der Waals surface area (Å²) in [4.78, 5) is 0. The molecule has 2 aliphatic carbocycles. The van der Waals surface area contributed by atoms with E-state index in [0.717, 1.165) is 19.3 Å². The van der Waals surface area contributed by atoms with Gasteiger partial charge in [-0.3, -0.25) is 0 Å². The van der Waals surface area contributed by atoms with E-state index in [1.54, 1.807) is 0 Å². The lowest BCUT2D eigenvalue weighted by atomic mass is 9.63. The SMILES string of the molecule is CC(O)[C@H]1CCC[C@H]2C1CCC[C@H]2O. The third-order valence-corrected chi connectivity index (χ3v) is 4.33. The molecule has 0 radical (unpaired) electrons. The van der Waals surface area contributed by atoms with Crippen LogP contribution in [0.25, 0.3) is 0 Å². The first-order valence-corrected chi connectivity index (χ1v) is 6.06. The molecule has 0 bridgehead atoms. The number of hydrogen-bond acceptors (Lipinski definition) is 2. The fraction of sp³-hybridized carbons (Fsp3) is 1.00. The second-order valence-electron chi connectivity index (χ2n) is 5.16. The molecule has 0 saturated heterocycles. The van der Waals surface area contributed by atoms with Crippen molar-refractivity contribution in [2.24, 2.45) is 17.8 Å². The van der Waals surface area contributed by atoms with Gasteiger partial charge < -0.3 is 10.2 Å². The van der Waals surface area contributed by atoms with Gasteiger partial charge in [0, 0.05) is 0 Å². The second kappa shape index (κ2) is 4.19. The van der Waals surface area contributed by atoms with Crippen LogP contribution in [0.3, 0.4) is 0 Å². The maximum atomic E-state index is 9.92. The van der Waals surface area contributed by atoms with Crippen LogP contribution in [0, 0.1) is 17.8 Å². The summed E-state index contributed by atoms with van der Waals surface area (Å²) in [6, 6.07) is 0. The van der Waals surface area contributed by atoms with E-state index in [9.17, 15) is 10.2 Å². The minimum atomic E-state index is -0.187. The van der Waals surface area contributed by atoms with Gasteiger partial charge in [-0.15, -0.1) is 0 Å². The molecule has 0 aromatic carbocycles. The molecule has 5 atom stereocenters. The number of hydrogen-bond donors (Lipinski definition) is 2. The molecule has 2 fully saturated rings. The van der Waals surface area contributed by atoms with Gasteiger partial charge in [0.05, 0.1) is 12.2 Å². The van der Waals surface area contributed by atoms with Crippen LogP contribution in [-0.4, -0.2) is 22.4 Å². The average Bonchev–Trinajstić information content (AvgIpc) is 2.17. The van der Waals surface area contributed by atoms with Crippen LogP contribution >= 0.6 is 0 Å². The fourth-order valence-corrected chi connectivity index (χ4v) is 3.62. The summed E-state index contributed by atoms with van der Waals surface area (Å²) >= 11 is 0. The largest absolute Gasteiger partial charge is 0.393 e. The van der Waals surface area contributed by atoms with Crippen LogP contribution in [0.1, 0.15) is 45.4 Å². The fourth-order valence-electron chi connectivity index (χ4n) is 3.62. The van der Waals surface area contributed by atoms with Crippen LogP contribution in [0.2, 0.25) is 0 Å². The Bertz CT molecular complexity index is 185. The zero-order valence-electron chi connectivity index (χ0n) is 9.02. The van der Waals surface area contributed by atoms with Crippen molar-refractivity contribution < 1.29 is 10.2 Å². The standard InChI is InChI=1S/C12H22O2/c1-8(13)9-4-2-6-11-10(9)5-3-7-12(11)14/h8-14H,2-7H2,1H3/t8?,9-,10?,11+,12-/m1/s1. The molecule has 82 valence electrons. The maximum absolute atomic E-state index is 9.92. The summed E-state index contributed by atoms with van der Waals surface area (Å²) in [5, 5.41) is 19.6. The van der Waals surface area contributed by atoms with Crippen molar-refractivity contribution in [1.29, 1.82) is 0 Å². The Kier molecular flexibility index (Phi) is 3.13. The van der Waals surface area contributed by atoms with Crippen molar-refractivity contribution in [3.05, 3.63) is 0 Å². The summed E-state index contributed by atoms with van der Waals surface area (Å²) < 4.78 is 0. The highest BCUT2D eigenvalue weighted by Crippen LogP contribution is 2.44. The van der Waals surface area contributed by atoms with E-state index in [2.05, 4.69) is 0 Å². The first kappa shape index (κ1) is 10.4. The topological polar surface area (TPSA) is 40.5 Å². The van der Waals surface area contributed by atoms with Crippen molar-refractivity contribution >= 4 is 0 Å². The van der Waals surface area contributed by atoms with Gasteiger partial charge in [-0.05, 0) is 50.4 Å². The quantitative estimate of drug-likeness (QED) is 0.676. The zero-order valence-corrected chi connectivity index (χ0v) is 9.02. The molecule has 2 heteroatoms. The molecule has 2 rings (SSSR count). The highest BCUT2D eigenvalue weighted by atomic mass is 16.3. The molecule has 2 nitrogen and oxygen atoms in total. The molecule has 2 aliphatic rings. The van der Waals surface area contributed by atoms with Crippen molar-refractivity contribution in [2.45, 2.75) is 57.7 Å². The van der Waals surface area contributed by atoms with Gasteiger partial charge in [-0.2, -0.15) is 0 Å². The molecule has 14 heavy (non-hydrogen) atoms. The smallest absolute Gasteiger partial charge is 0.0571 e. The predicted octanol–water partition coefficient (Wildman–Crippen LogP) is 1.94. The van der Waals surface area contributed by atoms with E-state index in [-0.39, 0.29) is 12.2 Å². The monoisotopic (exact) mass is 198 g/mol. The van der Waals surface area contributed by atoms with Crippen LogP contribution in [0.5, 0.6) is 0 Å². The Hall–Kier alpha value is -0.0800. The summed E-state index contributed by atoms with van der Waals surface area (Å²) in [7, 11) is 0. The lowest BCUT2D eigenvalue weighted by Crippen LogP contribution is -2.42. The molecule has 0 heterocycles. The van der Waals surface area contributed by atoms with Gasteiger partial charge in [-0.25, -0.2) is 0 Å². The molecule has 0 aromatic rings. The summed E-state index contributed by atoms with van der Waals surface area (Å²) in [5.74, 6) is 1.52. The first-order valence-electron chi connectivity index (χ1n) is 6.06. The molecule has 0 spiro atoms. The van der Waals surface area contributed by atoms with E-state index < -0.39 is 0 Å². The number of fused-ring (bicyclic) bond motifs is 1. The predicted molar refractivity (Wildman–Crippen MR) is 55.9 cm³/mol. The Morgan fingerprint density at radius 1 is 1.00 bits per heavy atom. The molecule has 0 aliphatic heterocycles. The molecule has 2 saturated carbocycles. The van der Waals surface area contributed by atoms with Gasteiger partial charge in [0.2, 0.25) is 0 Å². The van der Waals surface area contributed by atoms with Crippen molar-refractivity contribution in [2.75, 3.05) is 0 Å². The third-order valence-electron chi connectivity index (χ3n) is 4.33. The Morgan fingerprint density at radius 3 is 2.36 bits per heavy atom. The second-order valence-corrected chi connectivity index (χ2v) is 5.16. The minimum absolute atomic E-state index is 0.0877. The number of rotatable bonds is 1. The average molecular weight is 198 g/mol. The third kappa shape index (κ3) is 1.82. The number of aliphatic hydroxyl groups is 2. The van der Waals surface area contributed by atoms with Gasteiger partial charge in [0.25, 0.3) is 0 Å². The number of aliphatic hydroxyl groups excluding tert-OH is 2. The van der Waals surface area contributed by atoms with Crippen LogP contribution in [0.15, 0.2) is 0 Å². The van der Waals surface area contributed by atoms with E-state index in [0.29, 0.717) is 17.8 Å². The highest BCUT2D eigenvalue weighted by Gasteiger charge is 2.40. The van der Waals surface area contributed by atoms with Gasteiger partial charge >= 0.3 is 0 Å². The van der Waals surface area contributed by atoms with Crippen molar-refractivity contribution in [1.82, 2.24) is 0 Å². The Morgan fingerprint density at radius 2 is 1.64 bits per heavy atom. The van der Waals surface area contributed by atoms with Crippen LogP contribution in [-0.2, 0) is 0 Å². The van der Waals surface area contributed by atoms with Gasteiger partial charge in [-0.1, -0.05) is 12.8 Å². The molecule has 2 unspecified atom stereocenters. The molecule has 0 aromatic heterocycles. The van der Waals surface area contributed by atoms with E-state index in [4.69, 9.17) is 0 Å². The lowest BCUT2D eigenvalue weighted by Gasteiger charge is -2.45. The zero-order chi connectivity index (χ0) is 10.1.